The normalized spacial score (nSPS) is 17.5. The molecule has 1 aromatic carbocycles. The lowest BCUT2D eigenvalue weighted by atomic mass is 10.1. The van der Waals surface area contributed by atoms with Crippen LogP contribution in [0.25, 0.3) is 0 Å². The molecular formula is C21H23BrN4O4S. The summed E-state index contributed by atoms with van der Waals surface area (Å²) in [6, 6.07) is 6.22. The van der Waals surface area contributed by atoms with Gasteiger partial charge in [-0.25, -0.2) is 13.4 Å². The number of alkyl halides is 1. The fraction of sp³-hybridized carbons (Fsp3) is 0.429. The predicted molar refractivity (Wildman–Crippen MR) is 120 cm³/mol. The summed E-state index contributed by atoms with van der Waals surface area (Å²) in [5, 5.41) is 7.10. The zero-order valence-corrected chi connectivity index (χ0v) is 19.2. The predicted octanol–water partition coefficient (Wildman–Crippen LogP) is 3.61. The van der Waals surface area contributed by atoms with Crippen molar-refractivity contribution in [3.8, 4) is 0 Å². The minimum atomic E-state index is -3.30. The molecule has 1 heterocycles. The average molecular weight is 507 g/mol. The number of halogens is 1. The Balaban J connectivity index is 1.57. The number of anilines is 1. The molecule has 2 aromatic rings. The molecule has 4 rings (SSSR count). The highest BCUT2D eigenvalue weighted by Gasteiger charge is 2.36. The first-order chi connectivity index (χ1) is 15.0. The molecule has 0 saturated heterocycles. The Bertz CT molecular complexity index is 1060. The van der Waals surface area contributed by atoms with Crippen LogP contribution >= 0.6 is 15.9 Å². The standard InChI is InChI=1S/C21H23BrN4O4S/c22-11-15-12-24-19(13-23-15)25-21(27)20(26-30-16-3-1-2-4-16)14-5-7-17(8-6-14)31(28,29)18-9-10-18/h5-8,12-13,16,18H,1-4,9-11H2,(H,24,25,27). The molecule has 2 fully saturated rings. The Kier molecular flexibility index (Phi) is 6.66. The third-order valence-corrected chi connectivity index (χ3v) is 8.17. The molecule has 10 heteroatoms. The van der Waals surface area contributed by atoms with Crippen LogP contribution in [0.3, 0.4) is 0 Å². The van der Waals surface area contributed by atoms with Crippen molar-refractivity contribution in [2.45, 2.75) is 60.1 Å². The number of aromatic nitrogens is 2. The Hall–Kier alpha value is -2.33. The molecule has 2 aliphatic carbocycles. The molecule has 2 aliphatic rings. The first kappa shape index (κ1) is 21.9. The Morgan fingerprint density at radius 2 is 1.81 bits per heavy atom. The summed E-state index contributed by atoms with van der Waals surface area (Å²) in [5.74, 6) is -0.215. The molecule has 0 spiro atoms. The highest BCUT2D eigenvalue weighted by molar-refractivity contribution is 9.08. The van der Waals surface area contributed by atoms with Crippen molar-refractivity contribution in [1.82, 2.24) is 9.97 Å². The van der Waals surface area contributed by atoms with Crippen LogP contribution in [0, 0.1) is 0 Å². The molecular weight excluding hydrogens is 484 g/mol. The summed E-state index contributed by atoms with van der Waals surface area (Å²) in [6.45, 7) is 0. The van der Waals surface area contributed by atoms with Crippen LogP contribution in [0.4, 0.5) is 5.82 Å². The van der Waals surface area contributed by atoms with Gasteiger partial charge < -0.3 is 10.2 Å². The second-order valence-corrected chi connectivity index (χ2v) is 10.5. The van der Waals surface area contributed by atoms with E-state index in [1.54, 1.807) is 18.3 Å². The lowest BCUT2D eigenvalue weighted by Crippen LogP contribution is -2.25. The van der Waals surface area contributed by atoms with Crippen molar-refractivity contribution in [2.24, 2.45) is 5.16 Å². The van der Waals surface area contributed by atoms with Crippen LogP contribution < -0.4 is 5.32 Å². The third kappa shape index (κ3) is 5.30. The monoisotopic (exact) mass is 506 g/mol. The maximum atomic E-state index is 13.0. The van der Waals surface area contributed by atoms with Crippen LogP contribution in [0.1, 0.15) is 49.8 Å². The van der Waals surface area contributed by atoms with Crippen molar-refractivity contribution in [3.05, 3.63) is 47.9 Å². The van der Waals surface area contributed by atoms with E-state index in [-0.39, 0.29) is 27.8 Å². The largest absolute Gasteiger partial charge is 0.392 e. The van der Waals surface area contributed by atoms with E-state index >= 15 is 0 Å². The minimum absolute atomic E-state index is 0.0182. The van der Waals surface area contributed by atoms with Gasteiger partial charge in [0.1, 0.15) is 6.10 Å². The van der Waals surface area contributed by atoms with E-state index < -0.39 is 15.7 Å². The van der Waals surface area contributed by atoms with Crippen LogP contribution in [-0.2, 0) is 24.8 Å². The highest BCUT2D eigenvalue weighted by atomic mass is 79.9. The van der Waals surface area contributed by atoms with Gasteiger partial charge in [0.25, 0.3) is 5.91 Å². The molecule has 31 heavy (non-hydrogen) atoms. The lowest BCUT2D eigenvalue weighted by Gasteiger charge is -2.11. The van der Waals surface area contributed by atoms with Gasteiger partial charge in [0.05, 0.1) is 28.2 Å². The average Bonchev–Trinajstić information content (AvgIpc) is 3.52. The number of carbonyl (C=O) groups is 1. The van der Waals surface area contributed by atoms with Crippen molar-refractivity contribution in [2.75, 3.05) is 5.32 Å². The number of hydrogen-bond acceptors (Lipinski definition) is 7. The molecule has 2 saturated carbocycles. The highest BCUT2D eigenvalue weighted by Crippen LogP contribution is 2.33. The van der Waals surface area contributed by atoms with Gasteiger partial charge >= 0.3 is 0 Å². The SMILES string of the molecule is O=C(Nc1cnc(CBr)cn1)C(=NOC1CCCC1)c1ccc(S(=O)(=O)C2CC2)cc1. The van der Waals surface area contributed by atoms with Crippen molar-refractivity contribution >= 4 is 43.2 Å². The van der Waals surface area contributed by atoms with Crippen LogP contribution in [0.5, 0.6) is 0 Å². The van der Waals surface area contributed by atoms with Crippen molar-refractivity contribution in [1.29, 1.82) is 0 Å². The number of carbonyl (C=O) groups excluding carboxylic acids is 1. The van der Waals surface area contributed by atoms with Crippen LogP contribution in [-0.4, -0.2) is 41.4 Å². The molecule has 1 amide bonds. The number of nitrogens with zero attached hydrogens (tertiary/aromatic N) is 3. The maximum Gasteiger partial charge on any atom is 0.279 e. The fourth-order valence-electron chi connectivity index (χ4n) is 3.38. The van der Waals surface area contributed by atoms with Crippen molar-refractivity contribution < 1.29 is 18.0 Å². The van der Waals surface area contributed by atoms with E-state index in [9.17, 15) is 13.2 Å². The topological polar surface area (TPSA) is 111 Å². The van der Waals surface area contributed by atoms with E-state index in [1.165, 1.54) is 18.3 Å². The second kappa shape index (κ2) is 9.44. The zero-order chi connectivity index (χ0) is 21.8. The second-order valence-electron chi connectivity index (χ2n) is 7.70. The zero-order valence-electron chi connectivity index (χ0n) is 16.8. The summed E-state index contributed by atoms with van der Waals surface area (Å²) in [4.78, 5) is 27.2. The Labute approximate surface area is 189 Å². The summed E-state index contributed by atoms with van der Waals surface area (Å²) in [5.41, 5.74) is 1.27. The fourth-order valence-corrected chi connectivity index (χ4v) is 5.33. The van der Waals surface area contributed by atoms with Gasteiger partial charge in [-0.2, -0.15) is 0 Å². The van der Waals surface area contributed by atoms with Gasteiger partial charge in [-0.3, -0.25) is 9.78 Å². The molecule has 8 nitrogen and oxygen atoms in total. The molecule has 0 aliphatic heterocycles. The summed E-state index contributed by atoms with van der Waals surface area (Å²) in [6.07, 6.45) is 8.36. The molecule has 1 N–H and O–H groups in total. The molecule has 0 unspecified atom stereocenters. The van der Waals surface area contributed by atoms with E-state index in [4.69, 9.17) is 4.84 Å². The summed E-state index contributed by atoms with van der Waals surface area (Å²) in [7, 11) is -3.30. The summed E-state index contributed by atoms with van der Waals surface area (Å²) >= 11 is 3.30. The van der Waals surface area contributed by atoms with Gasteiger partial charge in [-0.15, -0.1) is 0 Å². The van der Waals surface area contributed by atoms with Gasteiger partial charge in [0.2, 0.25) is 0 Å². The minimum Gasteiger partial charge on any atom is -0.392 e. The molecule has 1 aromatic heterocycles. The van der Waals surface area contributed by atoms with E-state index in [1.807, 2.05) is 0 Å². The molecule has 0 atom stereocenters. The Morgan fingerprint density at radius 1 is 1.10 bits per heavy atom. The summed E-state index contributed by atoms with van der Waals surface area (Å²) < 4.78 is 24.9. The number of amides is 1. The smallest absolute Gasteiger partial charge is 0.279 e. The number of sulfone groups is 1. The number of benzene rings is 1. The van der Waals surface area contributed by atoms with Gasteiger partial charge in [0, 0.05) is 10.9 Å². The van der Waals surface area contributed by atoms with Crippen molar-refractivity contribution in [3.63, 3.8) is 0 Å². The third-order valence-electron chi connectivity index (χ3n) is 5.31. The van der Waals surface area contributed by atoms with Gasteiger partial charge in [-0.1, -0.05) is 33.2 Å². The van der Waals surface area contributed by atoms with E-state index in [0.29, 0.717) is 23.7 Å². The number of oxime groups is 1. The van der Waals surface area contributed by atoms with Crippen LogP contribution in [0.2, 0.25) is 0 Å². The van der Waals surface area contributed by atoms with Gasteiger partial charge in [-0.05, 0) is 50.7 Å². The molecule has 0 bridgehead atoms. The van der Waals surface area contributed by atoms with Crippen LogP contribution in [0.15, 0.2) is 46.7 Å². The van der Waals surface area contributed by atoms with E-state index in [0.717, 1.165) is 31.4 Å². The van der Waals surface area contributed by atoms with Gasteiger partial charge in [0.15, 0.2) is 21.4 Å². The Morgan fingerprint density at radius 3 is 2.39 bits per heavy atom. The van der Waals surface area contributed by atoms with E-state index in [2.05, 4.69) is 36.4 Å². The maximum absolute atomic E-state index is 13.0. The first-order valence-electron chi connectivity index (χ1n) is 10.2. The number of nitrogens with one attached hydrogen (secondary N) is 1. The quantitative estimate of drug-likeness (QED) is 0.332. The first-order valence-corrected chi connectivity index (χ1v) is 12.9. The molecule has 164 valence electrons. The number of hydrogen-bond donors (Lipinski definition) is 1. The number of rotatable bonds is 8. The molecule has 0 radical (unpaired) electrons. The lowest BCUT2D eigenvalue weighted by molar-refractivity contribution is -0.110.